The number of alkyl halides is 2. The molecule has 7 heteroatoms. The monoisotopic (exact) mass is 326 g/mol. The molecule has 0 unspecified atom stereocenters. The second-order valence-electron chi connectivity index (χ2n) is 3.84. The third-order valence-corrected chi connectivity index (χ3v) is 2.80. The van der Waals surface area contributed by atoms with Crippen molar-refractivity contribution in [2.45, 2.75) is 12.8 Å². The molecule has 1 rings (SSSR count). The normalized spacial score (nSPS) is 10.4. The van der Waals surface area contributed by atoms with Crippen LogP contribution in [0, 0.1) is 11.6 Å². The molecular weight excluding hydrogens is 313 g/mol. The third-order valence-electron chi connectivity index (χ3n) is 2.27. The zero-order chi connectivity index (χ0) is 15.0. The highest BCUT2D eigenvalue weighted by Gasteiger charge is 2.17. The van der Waals surface area contributed by atoms with Gasteiger partial charge in [0.05, 0.1) is 18.8 Å². The summed E-state index contributed by atoms with van der Waals surface area (Å²) in [5, 5.41) is 0. The Bertz CT molecular complexity index is 432. The van der Waals surface area contributed by atoms with Crippen molar-refractivity contribution in [3.8, 4) is 5.75 Å². The highest BCUT2D eigenvalue weighted by molar-refractivity contribution is 6.18. The summed E-state index contributed by atoms with van der Waals surface area (Å²) in [6, 6.07) is 1.75. The van der Waals surface area contributed by atoms with Gasteiger partial charge in [0.25, 0.3) is 0 Å². The molecule has 0 saturated heterocycles. The topological polar surface area (TPSA) is 35.5 Å². The Morgan fingerprint density at radius 2 is 1.60 bits per heavy atom. The summed E-state index contributed by atoms with van der Waals surface area (Å²) in [6.07, 6.45) is 0.931. The molecule has 0 aromatic heterocycles. The average Bonchev–Trinajstić information content (AvgIpc) is 2.42. The van der Waals surface area contributed by atoms with Crippen LogP contribution < -0.4 is 4.74 Å². The van der Waals surface area contributed by atoms with Crippen LogP contribution in [0.25, 0.3) is 0 Å². The van der Waals surface area contributed by atoms with Gasteiger partial charge in [-0.3, -0.25) is 0 Å². The second kappa shape index (κ2) is 8.97. The summed E-state index contributed by atoms with van der Waals surface area (Å²) in [4.78, 5) is 11.5. The highest BCUT2D eigenvalue weighted by Crippen LogP contribution is 2.24. The van der Waals surface area contributed by atoms with Crippen molar-refractivity contribution in [3.63, 3.8) is 0 Å². The first-order chi connectivity index (χ1) is 9.60. The predicted octanol–water partition coefficient (Wildman–Crippen LogP) is 3.76. The average molecular weight is 327 g/mol. The fraction of sp³-hybridized carbons (Fsp3) is 0.462. The van der Waals surface area contributed by atoms with Gasteiger partial charge in [-0.2, -0.15) is 0 Å². The zero-order valence-electron chi connectivity index (χ0n) is 10.6. The first-order valence-electron chi connectivity index (χ1n) is 6.01. The lowest BCUT2D eigenvalue weighted by Gasteiger charge is -2.09. The molecule has 0 atom stereocenters. The number of esters is 1. The molecule has 112 valence electrons. The number of hydrogen-bond donors (Lipinski definition) is 0. The Morgan fingerprint density at radius 3 is 2.15 bits per heavy atom. The molecule has 0 aliphatic rings. The smallest absolute Gasteiger partial charge is 0.338 e. The molecule has 0 radical (unpaired) electrons. The van der Waals surface area contributed by atoms with Crippen LogP contribution in [0.1, 0.15) is 23.2 Å². The third kappa shape index (κ3) is 5.13. The molecule has 1 aromatic rings. The Balaban J connectivity index is 2.74. The Labute approximate surface area is 125 Å². The van der Waals surface area contributed by atoms with Gasteiger partial charge in [-0.15, -0.1) is 23.2 Å². The van der Waals surface area contributed by atoms with Gasteiger partial charge >= 0.3 is 5.97 Å². The van der Waals surface area contributed by atoms with E-state index in [2.05, 4.69) is 0 Å². The largest absolute Gasteiger partial charge is 0.488 e. The lowest BCUT2D eigenvalue weighted by atomic mass is 10.2. The minimum atomic E-state index is -0.955. The minimum Gasteiger partial charge on any atom is -0.488 e. The van der Waals surface area contributed by atoms with Crippen molar-refractivity contribution < 1.29 is 23.0 Å². The quantitative estimate of drug-likeness (QED) is 0.414. The molecule has 20 heavy (non-hydrogen) atoms. The van der Waals surface area contributed by atoms with Gasteiger partial charge in [-0.05, 0) is 25.0 Å². The van der Waals surface area contributed by atoms with Gasteiger partial charge in [-0.1, -0.05) is 0 Å². The molecule has 0 amide bonds. The van der Waals surface area contributed by atoms with Crippen LogP contribution >= 0.6 is 23.2 Å². The highest BCUT2D eigenvalue weighted by atomic mass is 35.5. The maximum absolute atomic E-state index is 13.7. The molecule has 0 aliphatic carbocycles. The van der Waals surface area contributed by atoms with Crippen LogP contribution in [-0.4, -0.2) is 30.9 Å². The minimum absolute atomic E-state index is 0.0941. The summed E-state index contributed by atoms with van der Waals surface area (Å²) < 4.78 is 37.1. The fourth-order valence-corrected chi connectivity index (χ4v) is 1.57. The molecular formula is C13H14Cl2F2O3. The summed E-state index contributed by atoms with van der Waals surface area (Å²) >= 11 is 10.9. The standard InChI is InChI=1S/C13H14Cl2F2O3/c14-3-1-5-19-12-10(16)7-9(8-11(12)17)13(18)20-6-2-4-15/h7-8H,1-6H2. The number of halogens is 4. The Morgan fingerprint density at radius 1 is 1.05 bits per heavy atom. The number of ether oxygens (including phenoxy) is 2. The van der Waals surface area contributed by atoms with Crippen molar-refractivity contribution in [1.29, 1.82) is 0 Å². The Hall–Kier alpha value is -1.07. The number of hydrogen-bond acceptors (Lipinski definition) is 3. The maximum atomic E-state index is 13.7. The predicted molar refractivity (Wildman–Crippen MR) is 72.8 cm³/mol. The van der Waals surface area contributed by atoms with E-state index >= 15 is 0 Å². The van der Waals surface area contributed by atoms with Crippen molar-refractivity contribution in [3.05, 3.63) is 29.3 Å². The molecule has 0 heterocycles. The maximum Gasteiger partial charge on any atom is 0.338 e. The molecule has 0 saturated carbocycles. The van der Waals surface area contributed by atoms with Crippen molar-refractivity contribution in [2.75, 3.05) is 25.0 Å². The fourth-order valence-electron chi connectivity index (χ4n) is 1.35. The van der Waals surface area contributed by atoms with Crippen molar-refractivity contribution >= 4 is 29.2 Å². The Kier molecular flexibility index (Phi) is 7.62. The summed E-state index contributed by atoms with van der Waals surface area (Å²) in [7, 11) is 0. The molecule has 0 N–H and O–H groups in total. The lowest BCUT2D eigenvalue weighted by molar-refractivity contribution is 0.0504. The van der Waals surface area contributed by atoms with Crippen molar-refractivity contribution in [2.24, 2.45) is 0 Å². The van der Waals surface area contributed by atoms with E-state index in [9.17, 15) is 13.6 Å². The number of carbonyl (C=O) groups excluding carboxylic acids is 1. The zero-order valence-corrected chi connectivity index (χ0v) is 12.1. The van der Waals surface area contributed by atoms with E-state index in [0.717, 1.165) is 12.1 Å². The van der Waals surface area contributed by atoms with Gasteiger partial charge in [0.2, 0.25) is 0 Å². The van der Waals surface area contributed by atoms with Crippen LogP contribution in [-0.2, 0) is 4.74 Å². The number of benzene rings is 1. The van der Waals surface area contributed by atoms with Crippen LogP contribution in [0.2, 0.25) is 0 Å². The first kappa shape index (κ1) is 17.0. The van der Waals surface area contributed by atoms with Gasteiger partial charge in [0, 0.05) is 11.8 Å². The van der Waals surface area contributed by atoms with E-state index in [1.807, 2.05) is 0 Å². The van der Waals surface area contributed by atoms with Gasteiger partial charge < -0.3 is 9.47 Å². The number of carbonyl (C=O) groups is 1. The molecule has 0 bridgehead atoms. The molecule has 3 nitrogen and oxygen atoms in total. The van der Waals surface area contributed by atoms with E-state index < -0.39 is 23.4 Å². The van der Waals surface area contributed by atoms with Gasteiger partial charge in [0.1, 0.15) is 0 Å². The van der Waals surface area contributed by atoms with Crippen molar-refractivity contribution in [1.82, 2.24) is 0 Å². The van der Waals surface area contributed by atoms with E-state index in [-0.39, 0.29) is 18.8 Å². The molecule has 0 aliphatic heterocycles. The van der Waals surface area contributed by atoms with E-state index in [0.29, 0.717) is 24.6 Å². The lowest BCUT2D eigenvalue weighted by Crippen LogP contribution is -2.09. The second-order valence-corrected chi connectivity index (χ2v) is 4.59. The number of rotatable bonds is 8. The molecule has 0 fully saturated rings. The van der Waals surface area contributed by atoms with Gasteiger partial charge in [-0.25, -0.2) is 13.6 Å². The van der Waals surface area contributed by atoms with E-state index in [1.165, 1.54) is 0 Å². The van der Waals surface area contributed by atoms with E-state index in [1.54, 1.807) is 0 Å². The van der Waals surface area contributed by atoms with Crippen LogP contribution in [0.5, 0.6) is 5.75 Å². The summed E-state index contributed by atoms with van der Waals surface area (Å²) in [5.74, 6) is -2.57. The van der Waals surface area contributed by atoms with Crippen LogP contribution in [0.15, 0.2) is 12.1 Å². The summed E-state index contributed by atoms with van der Waals surface area (Å²) in [6.45, 7) is 0.191. The van der Waals surface area contributed by atoms with Crippen LogP contribution in [0.3, 0.4) is 0 Å². The summed E-state index contributed by atoms with van der Waals surface area (Å²) in [5.41, 5.74) is -0.209. The molecule has 1 aromatic carbocycles. The van der Waals surface area contributed by atoms with Crippen LogP contribution in [0.4, 0.5) is 8.78 Å². The SMILES string of the molecule is O=C(OCCCCl)c1cc(F)c(OCCCCl)c(F)c1. The van der Waals surface area contributed by atoms with Gasteiger partial charge in [0.15, 0.2) is 17.4 Å². The molecule has 0 spiro atoms. The van der Waals surface area contributed by atoms with E-state index in [4.69, 9.17) is 32.7 Å². The first-order valence-corrected chi connectivity index (χ1v) is 7.08.